The summed E-state index contributed by atoms with van der Waals surface area (Å²) in [7, 11) is 0. The van der Waals surface area contributed by atoms with E-state index < -0.39 is 0 Å². The number of nitrogens with one attached hydrogen (secondary N) is 1. The van der Waals surface area contributed by atoms with Gasteiger partial charge in [-0.25, -0.2) is 9.37 Å². The first-order chi connectivity index (χ1) is 9.22. The quantitative estimate of drug-likeness (QED) is 0.870. The van der Waals surface area contributed by atoms with Gasteiger partial charge in [0.1, 0.15) is 11.6 Å². The van der Waals surface area contributed by atoms with Crippen LogP contribution in [0.25, 0.3) is 11.3 Å². The molecule has 1 saturated carbocycles. The number of nitrogens with zero attached hydrogens (tertiary/aromatic N) is 1. The topological polar surface area (TPSA) is 54.7 Å². The number of hydrogen-bond acceptors (Lipinski definition) is 2. The summed E-state index contributed by atoms with van der Waals surface area (Å²) in [6.45, 7) is 0. The van der Waals surface area contributed by atoms with Crippen molar-refractivity contribution in [2.24, 2.45) is 5.73 Å². The predicted molar refractivity (Wildman–Crippen MR) is 73.2 cm³/mol. The Morgan fingerprint density at radius 3 is 2.74 bits per heavy atom. The second kappa shape index (κ2) is 5.13. The highest BCUT2D eigenvalue weighted by molar-refractivity contribution is 5.58. The van der Waals surface area contributed by atoms with Crippen molar-refractivity contribution in [3.8, 4) is 11.3 Å². The van der Waals surface area contributed by atoms with Gasteiger partial charge in [0.05, 0.1) is 11.9 Å². The Kier molecular flexibility index (Phi) is 3.34. The Labute approximate surface area is 112 Å². The normalized spacial score (nSPS) is 23.5. The fraction of sp³-hybridized carbons (Fsp3) is 0.400. The fourth-order valence-electron chi connectivity index (χ4n) is 2.74. The van der Waals surface area contributed by atoms with Crippen LogP contribution < -0.4 is 5.73 Å². The molecule has 0 saturated heterocycles. The van der Waals surface area contributed by atoms with Crippen molar-refractivity contribution in [1.82, 2.24) is 9.97 Å². The minimum absolute atomic E-state index is 0.225. The summed E-state index contributed by atoms with van der Waals surface area (Å²) in [5, 5.41) is 0. The Morgan fingerprint density at radius 2 is 2.00 bits per heavy atom. The van der Waals surface area contributed by atoms with E-state index in [-0.39, 0.29) is 5.82 Å². The molecule has 3 N–H and O–H groups in total. The van der Waals surface area contributed by atoms with Crippen LogP contribution in [0.3, 0.4) is 0 Å². The number of benzene rings is 1. The van der Waals surface area contributed by atoms with E-state index in [4.69, 9.17) is 5.73 Å². The third-order valence-electron chi connectivity index (χ3n) is 3.89. The van der Waals surface area contributed by atoms with Crippen molar-refractivity contribution in [1.29, 1.82) is 0 Å². The van der Waals surface area contributed by atoms with Gasteiger partial charge in [-0.2, -0.15) is 0 Å². The van der Waals surface area contributed by atoms with Crippen LogP contribution in [0.4, 0.5) is 4.39 Å². The van der Waals surface area contributed by atoms with Crippen molar-refractivity contribution >= 4 is 0 Å². The summed E-state index contributed by atoms with van der Waals surface area (Å²) in [6.07, 6.45) is 6.06. The van der Waals surface area contributed by atoms with Crippen LogP contribution in [0.1, 0.15) is 37.4 Å². The maximum atomic E-state index is 13.2. The molecule has 1 heterocycles. The van der Waals surface area contributed by atoms with Gasteiger partial charge < -0.3 is 10.7 Å². The average molecular weight is 259 g/mol. The van der Waals surface area contributed by atoms with Crippen LogP contribution in [0.15, 0.2) is 30.5 Å². The molecule has 0 unspecified atom stereocenters. The number of rotatable bonds is 2. The highest BCUT2D eigenvalue weighted by Gasteiger charge is 2.22. The highest BCUT2D eigenvalue weighted by Crippen LogP contribution is 2.31. The number of hydrogen-bond donors (Lipinski definition) is 2. The van der Waals surface area contributed by atoms with Crippen molar-refractivity contribution in [3.05, 3.63) is 42.1 Å². The molecule has 3 rings (SSSR count). The number of halogens is 1. The smallest absolute Gasteiger partial charge is 0.123 e. The molecule has 0 bridgehead atoms. The number of imidazole rings is 1. The summed E-state index contributed by atoms with van der Waals surface area (Å²) in [5.74, 6) is 1.24. The second-order valence-corrected chi connectivity index (χ2v) is 5.30. The molecule has 1 aliphatic rings. The summed E-state index contributed by atoms with van der Waals surface area (Å²) in [5.41, 5.74) is 7.63. The van der Waals surface area contributed by atoms with Crippen LogP contribution in [-0.2, 0) is 0 Å². The summed E-state index contributed by atoms with van der Waals surface area (Å²) in [4.78, 5) is 7.77. The molecule has 3 nitrogen and oxygen atoms in total. The zero-order chi connectivity index (χ0) is 13.2. The van der Waals surface area contributed by atoms with E-state index in [1.165, 1.54) is 12.1 Å². The zero-order valence-electron chi connectivity index (χ0n) is 10.8. The van der Waals surface area contributed by atoms with Crippen molar-refractivity contribution in [2.45, 2.75) is 37.6 Å². The minimum atomic E-state index is -0.225. The van der Waals surface area contributed by atoms with Gasteiger partial charge in [0.25, 0.3) is 0 Å². The van der Waals surface area contributed by atoms with Gasteiger partial charge in [-0.15, -0.1) is 0 Å². The van der Waals surface area contributed by atoms with Crippen molar-refractivity contribution in [2.75, 3.05) is 0 Å². The van der Waals surface area contributed by atoms with Gasteiger partial charge in [0, 0.05) is 17.5 Å². The number of nitrogens with two attached hydrogens (primary N) is 1. The lowest BCUT2D eigenvalue weighted by atomic mass is 9.86. The monoisotopic (exact) mass is 259 g/mol. The first kappa shape index (κ1) is 12.4. The first-order valence-corrected chi connectivity index (χ1v) is 6.79. The van der Waals surface area contributed by atoms with Crippen molar-refractivity contribution in [3.63, 3.8) is 0 Å². The second-order valence-electron chi connectivity index (χ2n) is 5.30. The van der Waals surface area contributed by atoms with Crippen LogP contribution in [-0.4, -0.2) is 16.0 Å². The molecular formula is C15H18FN3. The molecule has 100 valence electrons. The molecule has 4 heteroatoms. The Balaban J connectivity index is 1.80. The maximum Gasteiger partial charge on any atom is 0.123 e. The van der Waals surface area contributed by atoms with Crippen LogP contribution in [0.5, 0.6) is 0 Å². The van der Waals surface area contributed by atoms with Gasteiger partial charge in [-0.1, -0.05) is 12.1 Å². The van der Waals surface area contributed by atoms with Gasteiger partial charge in [-0.3, -0.25) is 0 Å². The Hall–Kier alpha value is -1.68. The SMILES string of the molecule is NC1CCC(c2ncc(-c3cccc(F)c3)[nH]2)CC1. The zero-order valence-corrected chi connectivity index (χ0v) is 10.8. The average Bonchev–Trinajstić information content (AvgIpc) is 2.89. The molecule has 0 spiro atoms. The lowest BCUT2D eigenvalue weighted by Gasteiger charge is -2.24. The largest absolute Gasteiger partial charge is 0.342 e. The van der Waals surface area contributed by atoms with E-state index >= 15 is 0 Å². The number of H-pyrrole nitrogens is 1. The summed E-state index contributed by atoms with van der Waals surface area (Å²) >= 11 is 0. The van der Waals surface area contributed by atoms with Gasteiger partial charge >= 0.3 is 0 Å². The van der Waals surface area contributed by atoms with E-state index in [1.54, 1.807) is 12.3 Å². The highest BCUT2D eigenvalue weighted by atomic mass is 19.1. The molecule has 1 aliphatic carbocycles. The molecule has 0 amide bonds. The van der Waals surface area contributed by atoms with Gasteiger partial charge in [-0.05, 0) is 37.8 Å². The third-order valence-corrected chi connectivity index (χ3v) is 3.89. The molecule has 1 aromatic carbocycles. The number of aromatic amines is 1. The predicted octanol–water partition coefficient (Wildman–Crippen LogP) is 3.20. The third kappa shape index (κ3) is 2.68. The maximum absolute atomic E-state index is 13.2. The lowest BCUT2D eigenvalue weighted by Crippen LogP contribution is -2.26. The van der Waals surface area contributed by atoms with E-state index in [1.807, 2.05) is 6.07 Å². The number of aromatic nitrogens is 2. The molecular weight excluding hydrogens is 241 g/mol. The summed E-state index contributed by atoms with van der Waals surface area (Å²) < 4.78 is 13.2. The molecule has 2 aromatic rings. The molecule has 1 aromatic heterocycles. The van der Waals surface area contributed by atoms with E-state index in [0.29, 0.717) is 12.0 Å². The molecule has 1 fully saturated rings. The van der Waals surface area contributed by atoms with Crippen LogP contribution in [0.2, 0.25) is 0 Å². The first-order valence-electron chi connectivity index (χ1n) is 6.79. The Bertz CT molecular complexity index is 556. The molecule has 0 aliphatic heterocycles. The van der Waals surface area contributed by atoms with E-state index in [0.717, 1.165) is 42.8 Å². The Morgan fingerprint density at radius 1 is 1.21 bits per heavy atom. The molecule has 19 heavy (non-hydrogen) atoms. The van der Waals surface area contributed by atoms with Gasteiger partial charge in [0.2, 0.25) is 0 Å². The van der Waals surface area contributed by atoms with E-state index in [9.17, 15) is 4.39 Å². The minimum Gasteiger partial charge on any atom is -0.342 e. The lowest BCUT2D eigenvalue weighted by molar-refractivity contribution is 0.386. The van der Waals surface area contributed by atoms with Crippen LogP contribution in [0, 0.1) is 5.82 Å². The molecule has 0 radical (unpaired) electrons. The standard InChI is InChI=1S/C15H18FN3/c16-12-3-1-2-11(8-12)14-9-18-15(19-14)10-4-6-13(17)7-5-10/h1-3,8-10,13H,4-7,17H2,(H,18,19). The van der Waals surface area contributed by atoms with E-state index in [2.05, 4.69) is 9.97 Å². The van der Waals surface area contributed by atoms with Crippen LogP contribution >= 0.6 is 0 Å². The van der Waals surface area contributed by atoms with Crippen molar-refractivity contribution < 1.29 is 4.39 Å². The molecule has 0 atom stereocenters. The fourth-order valence-corrected chi connectivity index (χ4v) is 2.74. The summed E-state index contributed by atoms with van der Waals surface area (Å²) in [6, 6.07) is 6.91. The van der Waals surface area contributed by atoms with Gasteiger partial charge in [0.15, 0.2) is 0 Å².